The summed E-state index contributed by atoms with van der Waals surface area (Å²) in [5.41, 5.74) is 1.92. The van der Waals surface area contributed by atoms with Gasteiger partial charge in [0.1, 0.15) is 11.0 Å². The van der Waals surface area contributed by atoms with E-state index in [0.717, 1.165) is 11.1 Å². The van der Waals surface area contributed by atoms with Crippen LogP contribution in [0, 0.1) is 0 Å². The van der Waals surface area contributed by atoms with Crippen LogP contribution in [0.25, 0.3) is 11.4 Å². The van der Waals surface area contributed by atoms with E-state index in [4.69, 9.17) is 23.2 Å². The normalized spacial score (nSPS) is 10.5. The number of hydrogen-bond acceptors (Lipinski definition) is 4. The number of benzene rings is 1. The van der Waals surface area contributed by atoms with Gasteiger partial charge in [-0.3, -0.25) is 4.98 Å². The minimum absolute atomic E-state index is 0.382. The molecule has 0 saturated heterocycles. The molecular formula is C16H12Cl2N4. The van der Waals surface area contributed by atoms with Crippen molar-refractivity contribution < 1.29 is 0 Å². The maximum absolute atomic E-state index is 6.07. The van der Waals surface area contributed by atoms with E-state index < -0.39 is 0 Å². The van der Waals surface area contributed by atoms with Crippen LogP contribution in [-0.4, -0.2) is 15.0 Å². The summed E-state index contributed by atoms with van der Waals surface area (Å²) in [6.07, 6.45) is 3.41. The lowest BCUT2D eigenvalue weighted by Gasteiger charge is -2.08. The van der Waals surface area contributed by atoms with Crippen LogP contribution in [0.3, 0.4) is 0 Å². The third-order valence-corrected chi connectivity index (χ3v) is 3.45. The van der Waals surface area contributed by atoms with E-state index in [0.29, 0.717) is 28.4 Å². The summed E-state index contributed by atoms with van der Waals surface area (Å²) in [5, 5.41) is 4.33. The molecule has 0 aliphatic rings. The van der Waals surface area contributed by atoms with Crippen molar-refractivity contribution in [3.8, 4) is 11.4 Å². The zero-order valence-electron chi connectivity index (χ0n) is 11.5. The largest absolute Gasteiger partial charge is 0.366 e. The standard InChI is InChI=1S/C16H12Cl2N4/c17-13-5-3-11(4-6-13)9-20-15-8-14(18)21-16(22-15)12-2-1-7-19-10-12/h1-8,10H,9H2,(H,20,21,22). The summed E-state index contributed by atoms with van der Waals surface area (Å²) < 4.78 is 0. The van der Waals surface area contributed by atoms with Gasteiger partial charge in [-0.25, -0.2) is 9.97 Å². The Hall–Kier alpha value is -2.17. The molecule has 4 nitrogen and oxygen atoms in total. The molecule has 2 heterocycles. The minimum Gasteiger partial charge on any atom is -0.366 e. The van der Waals surface area contributed by atoms with E-state index >= 15 is 0 Å². The van der Waals surface area contributed by atoms with Crippen molar-refractivity contribution in [2.45, 2.75) is 6.54 Å². The van der Waals surface area contributed by atoms with Crippen molar-refractivity contribution >= 4 is 29.0 Å². The first-order valence-electron chi connectivity index (χ1n) is 6.64. The molecule has 0 spiro atoms. The topological polar surface area (TPSA) is 50.7 Å². The molecule has 0 atom stereocenters. The highest BCUT2D eigenvalue weighted by molar-refractivity contribution is 6.30. The van der Waals surface area contributed by atoms with Crippen LogP contribution < -0.4 is 5.32 Å². The third kappa shape index (κ3) is 3.72. The van der Waals surface area contributed by atoms with Crippen LogP contribution in [0.4, 0.5) is 5.82 Å². The van der Waals surface area contributed by atoms with E-state index in [1.54, 1.807) is 18.5 Å². The van der Waals surface area contributed by atoms with E-state index in [-0.39, 0.29) is 0 Å². The molecule has 0 aliphatic heterocycles. The SMILES string of the molecule is Clc1ccc(CNc2cc(Cl)nc(-c3cccnc3)n2)cc1. The zero-order chi connectivity index (χ0) is 15.4. The van der Waals surface area contributed by atoms with Crippen molar-refractivity contribution in [2.24, 2.45) is 0 Å². The van der Waals surface area contributed by atoms with Crippen LogP contribution in [0.5, 0.6) is 0 Å². The number of hydrogen-bond donors (Lipinski definition) is 1. The Morgan fingerprint density at radius 1 is 1.00 bits per heavy atom. The Balaban J connectivity index is 1.79. The van der Waals surface area contributed by atoms with E-state index in [1.165, 1.54) is 0 Å². The molecule has 110 valence electrons. The first-order chi connectivity index (χ1) is 10.7. The number of pyridine rings is 1. The van der Waals surface area contributed by atoms with Crippen molar-refractivity contribution in [2.75, 3.05) is 5.32 Å². The Labute approximate surface area is 138 Å². The first kappa shape index (κ1) is 14.8. The van der Waals surface area contributed by atoms with Gasteiger partial charge in [0, 0.05) is 35.6 Å². The molecule has 6 heteroatoms. The van der Waals surface area contributed by atoms with Gasteiger partial charge >= 0.3 is 0 Å². The van der Waals surface area contributed by atoms with Gasteiger partial charge < -0.3 is 5.32 Å². The molecule has 0 amide bonds. The average Bonchev–Trinajstić information content (AvgIpc) is 2.55. The summed E-state index contributed by atoms with van der Waals surface area (Å²) in [5.74, 6) is 1.20. The van der Waals surface area contributed by atoms with Crippen molar-refractivity contribution in [3.63, 3.8) is 0 Å². The van der Waals surface area contributed by atoms with Gasteiger partial charge in [-0.05, 0) is 29.8 Å². The second kappa shape index (κ2) is 6.73. The number of rotatable bonds is 4. The number of nitrogens with one attached hydrogen (secondary N) is 1. The molecule has 22 heavy (non-hydrogen) atoms. The predicted molar refractivity (Wildman–Crippen MR) is 89.1 cm³/mol. The van der Waals surface area contributed by atoms with E-state index in [2.05, 4.69) is 20.3 Å². The fraction of sp³-hybridized carbons (Fsp3) is 0.0625. The summed E-state index contributed by atoms with van der Waals surface area (Å²) in [4.78, 5) is 12.8. The first-order valence-corrected chi connectivity index (χ1v) is 7.39. The Morgan fingerprint density at radius 2 is 1.82 bits per heavy atom. The fourth-order valence-corrected chi connectivity index (χ4v) is 2.24. The second-order valence-electron chi connectivity index (χ2n) is 4.62. The molecule has 3 aromatic rings. The fourth-order valence-electron chi connectivity index (χ4n) is 1.93. The molecule has 0 saturated carbocycles. The zero-order valence-corrected chi connectivity index (χ0v) is 13.0. The maximum Gasteiger partial charge on any atom is 0.164 e. The van der Waals surface area contributed by atoms with Crippen LogP contribution in [0.1, 0.15) is 5.56 Å². The monoisotopic (exact) mass is 330 g/mol. The number of nitrogens with zero attached hydrogens (tertiary/aromatic N) is 3. The molecule has 2 aromatic heterocycles. The van der Waals surface area contributed by atoms with Crippen molar-refractivity contribution in [1.82, 2.24) is 15.0 Å². The van der Waals surface area contributed by atoms with Crippen LogP contribution in [0.2, 0.25) is 10.2 Å². The Kier molecular flexibility index (Phi) is 4.51. The highest BCUT2D eigenvalue weighted by Gasteiger charge is 2.06. The lowest BCUT2D eigenvalue weighted by Crippen LogP contribution is -2.03. The molecule has 1 N–H and O–H groups in total. The van der Waals surface area contributed by atoms with Gasteiger partial charge in [0.2, 0.25) is 0 Å². The second-order valence-corrected chi connectivity index (χ2v) is 5.44. The molecule has 3 rings (SSSR count). The van der Waals surface area contributed by atoms with Crippen LogP contribution in [-0.2, 0) is 6.54 Å². The number of halogens is 2. The predicted octanol–water partition coefficient (Wildman–Crippen LogP) is 4.46. The molecule has 1 aromatic carbocycles. The molecule has 0 bridgehead atoms. The number of anilines is 1. The summed E-state index contributed by atoms with van der Waals surface area (Å²) >= 11 is 11.9. The molecular weight excluding hydrogens is 319 g/mol. The van der Waals surface area contributed by atoms with Crippen LogP contribution in [0.15, 0.2) is 54.9 Å². The molecule has 0 fully saturated rings. The van der Waals surface area contributed by atoms with E-state index in [1.807, 2.05) is 36.4 Å². The van der Waals surface area contributed by atoms with E-state index in [9.17, 15) is 0 Å². The molecule has 0 aliphatic carbocycles. The average molecular weight is 331 g/mol. The van der Waals surface area contributed by atoms with Gasteiger partial charge in [0.05, 0.1) is 0 Å². The van der Waals surface area contributed by atoms with Gasteiger partial charge in [0.25, 0.3) is 0 Å². The van der Waals surface area contributed by atoms with Gasteiger partial charge in [-0.15, -0.1) is 0 Å². The summed E-state index contributed by atoms with van der Waals surface area (Å²) in [7, 11) is 0. The maximum atomic E-state index is 6.07. The van der Waals surface area contributed by atoms with Gasteiger partial charge in [0.15, 0.2) is 5.82 Å². The Morgan fingerprint density at radius 3 is 2.55 bits per heavy atom. The lowest BCUT2D eigenvalue weighted by atomic mass is 10.2. The highest BCUT2D eigenvalue weighted by Crippen LogP contribution is 2.20. The number of aromatic nitrogens is 3. The summed E-state index contributed by atoms with van der Waals surface area (Å²) in [6, 6.07) is 13.0. The van der Waals surface area contributed by atoms with Gasteiger partial charge in [-0.1, -0.05) is 35.3 Å². The lowest BCUT2D eigenvalue weighted by molar-refractivity contribution is 1.08. The molecule has 0 radical (unpaired) electrons. The quantitative estimate of drug-likeness (QED) is 0.717. The van der Waals surface area contributed by atoms with Gasteiger partial charge in [-0.2, -0.15) is 0 Å². The van der Waals surface area contributed by atoms with Crippen molar-refractivity contribution in [1.29, 1.82) is 0 Å². The van der Waals surface area contributed by atoms with Crippen LogP contribution >= 0.6 is 23.2 Å². The Bertz CT molecular complexity index is 761. The molecule has 0 unspecified atom stereocenters. The third-order valence-electron chi connectivity index (χ3n) is 3.00. The smallest absolute Gasteiger partial charge is 0.164 e. The highest BCUT2D eigenvalue weighted by atomic mass is 35.5. The minimum atomic E-state index is 0.382. The summed E-state index contributed by atoms with van der Waals surface area (Å²) in [6.45, 7) is 0.622. The van der Waals surface area contributed by atoms with Crippen molar-refractivity contribution in [3.05, 3.63) is 70.6 Å².